The van der Waals surface area contributed by atoms with Crippen LogP contribution in [0.3, 0.4) is 0 Å². The average Bonchev–Trinajstić information content (AvgIpc) is 2.31. The monoisotopic (exact) mass is 252 g/mol. The van der Waals surface area contributed by atoms with Gasteiger partial charge in [-0.25, -0.2) is 8.42 Å². The molecule has 1 aromatic carbocycles. The predicted octanol–water partition coefficient (Wildman–Crippen LogP) is 1.94. The van der Waals surface area contributed by atoms with Crippen LogP contribution in [-0.4, -0.2) is 32.6 Å². The fourth-order valence-electron chi connectivity index (χ4n) is 1.36. The van der Waals surface area contributed by atoms with E-state index in [2.05, 4.69) is 4.99 Å². The van der Waals surface area contributed by atoms with E-state index in [-0.39, 0.29) is 0 Å². The van der Waals surface area contributed by atoms with Crippen LogP contribution in [-0.2, 0) is 9.84 Å². The van der Waals surface area contributed by atoms with Crippen molar-refractivity contribution in [2.75, 3.05) is 7.05 Å². The summed E-state index contributed by atoms with van der Waals surface area (Å²) in [5.74, 6) is 0. The summed E-state index contributed by atoms with van der Waals surface area (Å²) in [6.45, 7) is 3.31. The van der Waals surface area contributed by atoms with Crippen molar-refractivity contribution in [2.24, 2.45) is 4.99 Å². The first-order valence-corrected chi connectivity index (χ1v) is 6.79. The number of aliphatic imine (C=N–C) groups is 1. The minimum atomic E-state index is -3.23. The van der Waals surface area contributed by atoms with Crippen molar-refractivity contribution in [2.45, 2.75) is 24.0 Å². The molecule has 0 fully saturated rings. The van der Waals surface area contributed by atoms with Crippen LogP contribution >= 0.6 is 0 Å². The van der Waals surface area contributed by atoms with Crippen LogP contribution in [0.15, 0.2) is 34.2 Å². The van der Waals surface area contributed by atoms with E-state index in [0.29, 0.717) is 10.6 Å². The van der Waals surface area contributed by atoms with Gasteiger partial charge < -0.3 is 5.41 Å². The van der Waals surface area contributed by atoms with Gasteiger partial charge in [0.1, 0.15) is 0 Å². The number of hydrogen-bond donors (Lipinski definition) is 1. The van der Waals surface area contributed by atoms with E-state index >= 15 is 0 Å². The maximum atomic E-state index is 11.9. The Kier molecular flexibility index (Phi) is 4.17. The van der Waals surface area contributed by atoms with Crippen LogP contribution in [0.25, 0.3) is 0 Å². The van der Waals surface area contributed by atoms with Crippen molar-refractivity contribution in [3.8, 4) is 0 Å². The molecular weight excluding hydrogens is 236 g/mol. The fourth-order valence-corrected chi connectivity index (χ4v) is 2.42. The van der Waals surface area contributed by atoms with Gasteiger partial charge in [0.15, 0.2) is 9.84 Å². The third-order valence-electron chi connectivity index (χ3n) is 2.48. The normalized spacial score (nSPS) is 12.8. The number of hydrogen-bond acceptors (Lipinski definition) is 4. The smallest absolute Gasteiger partial charge is 0.180 e. The SMILES string of the molecule is CN=C(C=N)c1ccc(S(=O)(=O)C(C)C)cc1. The summed E-state index contributed by atoms with van der Waals surface area (Å²) in [5.41, 5.74) is 1.27. The molecule has 0 atom stereocenters. The molecule has 5 heteroatoms. The molecular formula is C12H16N2O2S. The Balaban J connectivity index is 3.17. The third kappa shape index (κ3) is 2.79. The van der Waals surface area contributed by atoms with Gasteiger partial charge in [0.05, 0.1) is 15.9 Å². The maximum absolute atomic E-state index is 11.9. The van der Waals surface area contributed by atoms with Gasteiger partial charge in [0.25, 0.3) is 0 Å². The van der Waals surface area contributed by atoms with E-state index < -0.39 is 15.1 Å². The number of rotatable bonds is 4. The van der Waals surface area contributed by atoms with Gasteiger partial charge in [-0.3, -0.25) is 4.99 Å². The van der Waals surface area contributed by atoms with Crippen molar-refractivity contribution in [3.63, 3.8) is 0 Å². The van der Waals surface area contributed by atoms with Gasteiger partial charge in [0.2, 0.25) is 0 Å². The molecule has 1 rings (SSSR count). The summed E-state index contributed by atoms with van der Waals surface area (Å²) in [4.78, 5) is 4.23. The van der Waals surface area contributed by atoms with Crippen molar-refractivity contribution in [3.05, 3.63) is 29.8 Å². The Morgan fingerprint density at radius 2 is 1.82 bits per heavy atom. The molecule has 1 aromatic rings. The minimum absolute atomic E-state index is 0.302. The maximum Gasteiger partial charge on any atom is 0.180 e. The second-order valence-electron chi connectivity index (χ2n) is 3.87. The summed E-state index contributed by atoms with van der Waals surface area (Å²) in [6.07, 6.45) is 1.14. The van der Waals surface area contributed by atoms with Gasteiger partial charge in [-0.2, -0.15) is 0 Å². The van der Waals surface area contributed by atoms with Crippen molar-refractivity contribution >= 4 is 21.8 Å². The number of nitrogens with zero attached hydrogens (tertiary/aromatic N) is 1. The largest absolute Gasteiger partial charge is 0.306 e. The van der Waals surface area contributed by atoms with Gasteiger partial charge in [-0.15, -0.1) is 0 Å². The van der Waals surface area contributed by atoms with Crippen LogP contribution in [0, 0.1) is 5.41 Å². The molecule has 0 heterocycles. The standard InChI is InChI=1S/C12H16N2O2S/c1-9(2)17(15,16)11-6-4-10(5-7-11)12(8-13)14-3/h4-9,13H,1-3H3. The van der Waals surface area contributed by atoms with Crippen molar-refractivity contribution in [1.82, 2.24) is 0 Å². The lowest BCUT2D eigenvalue weighted by Crippen LogP contribution is -2.14. The summed E-state index contributed by atoms with van der Waals surface area (Å²) >= 11 is 0. The second kappa shape index (κ2) is 5.23. The highest BCUT2D eigenvalue weighted by Crippen LogP contribution is 2.16. The Labute approximate surface area is 102 Å². The van der Waals surface area contributed by atoms with E-state index in [0.717, 1.165) is 11.8 Å². The van der Waals surface area contributed by atoms with Crippen molar-refractivity contribution in [1.29, 1.82) is 5.41 Å². The summed E-state index contributed by atoms with van der Waals surface area (Å²) < 4.78 is 23.8. The Morgan fingerprint density at radius 1 is 1.29 bits per heavy atom. The number of nitrogens with one attached hydrogen (secondary N) is 1. The molecule has 0 saturated heterocycles. The lowest BCUT2D eigenvalue weighted by atomic mass is 10.1. The van der Waals surface area contributed by atoms with E-state index in [9.17, 15) is 8.42 Å². The highest BCUT2D eigenvalue weighted by molar-refractivity contribution is 7.92. The zero-order chi connectivity index (χ0) is 13.1. The van der Waals surface area contributed by atoms with Crippen LogP contribution < -0.4 is 0 Å². The summed E-state index contributed by atoms with van der Waals surface area (Å²) in [7, 11) is -1.63. The van der Waals surface area contributed by atoms with E-state index in [4.69, 9.17) is 5.41 Å². The lowest BCUT2D eigenvalue weighted by Gasteiger charge is -2.08. The fraction of sp³-hybridized carbons (Fsp3) is 0.333. The quantitative estimate of drug-likeness (QED) is 0.832. The van der Waals surface area contributed by atoms with E-state index in [1.54, 1.807) is 45.2 Å². The third-order valence-corrected chi connectivity index (χ3v) is 4.65. The number of benzene rings is 1. The molecule has 0 aliphatic heterocycles. The highest BCUT2D eigenvalue weighted by atomic mass is 32.2. The molecule has 0 aliphatic carbocycles. The van der Waals surface area contributed by atoms with Gasteiger partial charge in [-0.1, -0.05) is 12.1 Å². The molecule has 0 aromatic heterocycles. The molecule has 1 N–H and O–H groups in total. The minimum Gasteiger partial charge on any atom is -0.306 e. The first-order chi connectivity index (χ1) is 7.93. The molecule has 4 nitrogen and oxygen atoms in total. The molecule has 0 bridgehead atoms. The number of sulfone groups is 1. The van der Waals surface area contributed by atoms with Crippen LogP contribution in [0.5, 0.6) is 0 Å². The van der Waals surface area contributed by atoms with Gasteiger partial charge in [-0.05, 0) is 26.0 Å². The topological polar surface area (TPSA) is 70.3 Å². The molecule has 17 heavy (non-hydrogen) atoms. The summed E-state index contributed by atoms with van der Waals surface area (Å²) in [5, 5.41) is 6.73. The molecule has 0 amide bonds. The van der Waals surface area contributed by atoms with Crippen molar-refractivity contribution < 1.29 is 8.42 Å². The van der Waals surface area contributed by atoms with E-state index in [1.165, 1.54) is 0 Å². The molecule has 0 saturated carbocycles. The summed E-state index contributed by atoms with van der Waals surface area (Å²) in [6, 6.07) is 6.45. The van der Waals surface area contributed by atoms with Crippen LogP contribution in [0.2, 0.25) is 0 Å². The van der Waals surface area contributed by atoms with E-state index in [1.807, 2.05) is 0 Å². The molecule has 92 valence electrons. The predicted molar refractivity (Wildman–Crippen MR) is 70.0 cm³/mol. The zero-order valence-electron chi connectivity index (χ0n) is 10.1. The molecule has 0 spiro atoms. The first-order valence-electron chi connectivity index (χ1n) is 5.25. The van der Waals surface area contributed by atoms with Gasteiger partial charge >= 0.3 is 0 Å². The van der Waals surface area contributed by atoms with Crippen LogP contribution in [0.4, 0.5) is 0 Å². The lowest BCUT2D eigenvalue weighted by molar-refractivity contribution is 0.587. The Morgan fingerprint density at radius 3 is 2.18 bits per heavy atom. The zero-order valence-corrected chi connectivity index (χ0v) is 11.0. The first kappa shape index (κ1) is 13.6. The Bertz CT molecular complexity index is 528. The highest BCUT2D eigenvalue weighted by Gasteiger charge is 2.18. The van der Waals surface area contributed by atoms with Gasteiger partial charge in [0, 0.05) is 18.8 Å². The average molecular weight is 252 g/mol. The molecule has 0 aliphatic rings. The Hall–Kier alpha value is -1.49. The molecule has 0 radical (unpaired) electrons. The molecule has 0 unspecified atom stereocenters. The van der Waals surface area contributed by atoms with Crippen LogP contribution in [0.1, 0.15) is 19.4 Å². The second-order valence-corrected chi connectivity index (χ2v) is 6.38.